The minimum absolute atomic E-state index is 0.583. The lowest BCUT2D eigenvalue weighted by Gasteiger charge is -2.13. The van der Waals surface area contributed by atoms with Gasteiger partial charge in [-0.05, 0) is 19.1 Å². The number of rotatable bonds is 6. The van der Waals surface area contributed by atoms with Gasteiger partial charge in [-0.25, -0.2) is 9.97 Å². The zero-order chi connectivity index (χ0) is 13.5. The molecule has 0 aliphatic heterocycles. The maximum Gasteiger partial charge on any atom is 0.204 e. The van der Waals surface area contributed by atoms with E-state index in [4.69, 9.17) is 4.74 Å². The Labute approximate surface area is 112 Å². The highest BCUT2D eigenvalue weighted by Crippen LogP contribution is 2.28. The van der Waals surface area contributed by atoms with Crippen molar-refractivity contribution >= 4 is 11.6 Å². The quantitative estimate of drug-likeness (QED) is 0.826. The lowest BCUT2D eigenvalue weighted by atomic mass is 10.3. The van der Waals surface area contributed by atoms with Gasteiger partial charge in [-0.3, -0.25) is 4.98 Å². The molecule has 6 nitrogen and oxygen atoms in total. The summed E-state index contributed by atoms with van der Waals surface area (Å²) in [5.41, 5.74) is 0.938. The molecule has 6 heteroatoms. The zero-order valence-electron chi connectivity index (χ0n) is 11.1. The molecule has 0 spiro atoms. The van der Waals surface area contributed by atoms with E-state index >= 15 is 0 Å². The number of nitrogens with zero attached hydrogens (tertiary/aromatic N) is 3. The Morgan fingerprint density at radius 2 is 1.89 bits per heavy atom. The Bertz CT molecular complexity index is 518. The van der Waals surface area contributed by atoms with Crippen LogP contribution in [-0.2, 0) is 6.54 Å². The fourth-order valence-corrected chi connectivity index (χ4v) is 1.66. The number of hydrogen-bond donors (Lipinski definition) is 2. The number of nitrogens with one attached hydrogen (secondary N) is 2. The van der Waals surface area contributed by atoms with Gasteiger partial charge in [0.1, 0.15) is 6.33 Å². The summed E-state index contributed by atoms with van der Waals surface area (Å²) in [5.74, 6) is 1.95. The number of anilines is 2. The molecule has 2 heterocycles. The van der Waals surface area contributed by atoms with E-state index in [0.29, 0.717) is 23.9 Å². The third-order valence-corrected chi connectivity index (χ3v) is 2.52. The highest BCUT2D eigenvalue weighted by molar-refractivity contribution is 5.63. The van der Waals surface area contributed by atoms with Gasteiger partial charge < -0.3 is 15.4 Å². The van der Waals surface area contributed by atoms with Crippen LogP contribution in [0.4, 0.5) is 11.6 Å². The molecule has 0 unspecified atom stereocenters. The normalized spacial score (nSPS) is 10.0. The Morgan fingerprint density at radius 1 is 1.11 bits per heavy atom. The number of ether oxygens (including phenoxy) is 1. The molecule has 0 atom stereocenters. The Kier molecular flexibility index (Phi) is 4.49. The van der Waals surface area contributed by atoms with E-state index in [0.717, 1.165) is 12.2 Å². The predicted octanol–water partition coefficient (Wildman–Crippen LogP) is 1.92. The molecule has 0 aliphatic rings. The van der Waals surface area contributed by atoms with Crippen LogP contribution in [0, 0.1) is 0 Å². The van der Waals surface area contributed by atoms with Crippen molar-refractivity contribution in [2.24, 2.45) is 0 Å². The van der Waals surface area contributed by atoms with Crippen molar-refractivity contribution in [3.05, 3.63) is 36.4 Å². The van der Waals surface area contributed by atoms with Crippen molar-refractivity contribution in [3.63, 3.8) is 0 Å². The highest BCUT2D eigenvalue weighted by Gasteiger charge is 2.11. The van der Waals surface area contributed by atoms with Crippen LogP contribution in [0.15, 0.2) is 30.7 Å². The molecule has 2 aromatic rings. The van der Waals surface area contributed by atoms with E-state index in [9.17, 15) is 0 Å². The number of aromatic nitrogens is 3. The maximum absolute atomic E-state index is 5.35. The standard InChI is InChI=1S/C13H17N5O/c1-3-14-12-11(19-2)13(18-9-17-12)16-8-10-6-4-5-7-15-10/h4-7,9H,3,8H2,1-2H3,(H2,14,16,17,18). The highest BCUT2D eigenvalue weighted by atomic mass is 16.5. The van der Waals surface area contributed by atoms with Crippen LogP contribution in [0.25, 0.3) is 0 Å². The molecule has 100 valence electrons. The van der Waals surface area contributed by atoms with Crippen molar-refractivity contribution in [1.29, 1.82) is 0 Å². The van der Waals surface area contributed by atoms with E-state index in [1.165, 1.54) is 6.33 Å². The second-order valence-corrected chi connectivity index (χ2v) is 3.81. The molecule has 0 saturated heterocycles. The summed E-state index contributed by atoms with van der Waals surface area (Å²) in [4.78, 5) is 12.6. The maximum atomic E-state index is 5.35. The summed E-state index contributed by atoms with van der Waals surface area (Å²) < 4.78 is 5.35. The van der Waals surface area contributed by atoms with Crippen LogP contribution in [-0.4, -0.2) is 28.6 Å². The summed E-state index contributed by atoms with van der Waals surface area (Å²) in [6.45, 7) is 3.36. The van der Waals surface area contributed by atoms with Crippen LogP contribution in [0.1, 0.15) is 12.6 Å². The lowest BCUT2D eigenvalue weighted by Crippen LogP contribution is -2.08. The van der Waals surface area contributed by atoms with Crippen molar-refractivity contribution < 1.29 is 4.74 Å². The first-order valence-electron chi connectivity index (χ1n) is 6.11. The van der Waals surface area contributed by atoms with Gasteiger partial charge in [0.2, 0.25) is 5.75 Å². The van der Waals surface area contributed by atoms with Gasteiger partial charge >= 0.3 is 0 Å². The van der Waals surface area contributed by atoms with Crippen molar-refractivity contribution in [1.82, 2.24) is 15.0 Å². The van der Waals surface area contributed by atoms with E-state index in [1.807, 2.05) is 25.1 Å². The van der Waals surface area contributed by atoms with E-state index in [2.05, 4.69) is 25.6 Å². The average Bonchev–Trinajstić information content (AvgIpc) is 2.46. The van der Waals surface area contributed by atoms with E-state index in [-0.39, 0.29) is 0 Å². The Morgan fingerprint density at radius 3 is 2.53 bits per heavy atom. The van der Waals surface area contributed by atoms with Gasteiger partial charge in [0.05, 0.1) is 19.3 Å². The second kappa shape index (κ2) is 6.53. The molecule has 0 aliphatic carbocycles. The molecule has 2 aromatic heterocycles. The van der Waals surface area contributed by atoms with Crippen molar-refractivity contribution in [3.8, 4) is 5.75 Å². The molecule has 19 heavy (non-hydrogen) atoms. The smallest absolute Gasteiger partial charge is 0.204 e. The molecule has 0 amide bonds. The third kappa shape index (κ3) is 3.31. The summed E-state index contributed by atoms with van der Waals surface area (Å²) in [6.07, 6.45) is 3.26. The van der Waals surface area contributed by atoms with Crippen molar-refractivity contribution in [2.75, 3.05) is 24.3 Å². The van der Waals surface area contributed by atoms with Gasteiger partial charge in [-0.2, -0.15) is 0 Å². The Hall–Kier alpha value is -2.37. The molecular formula is C13H17N5O. The number of methoxy groups -OCH3 is 1. The summed E-state index contributed by atoms with van der Waals surface area (Å²) in [7, 11) is 1.60. The monoisotopic (exact) mass is 259 g/mol. The topological polar surface area (TPSA) is 72.0 Å². The molecular weight excluding hydrogens is 242 g/mol. The largest absolute Gasteiger partial charge is 0.490 e. The van der Waals surface area contributed by atoms with Gasteiger partial charge in [0.25, 0.3) is 0 Å². The van der Waals surface area contributed by atoms with Gasteiger partial charge in [0.15, 0.2) is 11.6 Å². The minimum atomic E-state index is 0.583. The van der Waals surface area contributed by atoms with E-state index < -0.39 is 0 Å². The molecule has 0 radical (unpaired) electrons. The second-order valence-electron chi connectivity index (χ2n) is 3.81. The molecule has 0 saturated carbocycles. The average molecular weight is 259 g/mol. The molecule has 2 N–H and O–H groups in total. The van der Waals surface area contributed by atoms with Crippen LogP contribution >= 0.6 is 0 Å². The van der Waals surface area contributed by atoms with Crippen LogP contribution in [0.5, 0.6) is 5.75 Å². The van der Waals surface area contributed by atoms with Crippen LogP contribution in [0.3, 0.4) is 0 Å². The molecule has 0 aromatic carbocycles. The van der Waals surface area contributed by atoms with Crippen molar-refractivity contribution in [2.45, 2.75) is 13.5 Å². The van der Waals surface area contributed by atoms with E-state index in [1.54, 1.807) is 13.3 Å². The molecule has 0 fully saturated rings. The fraction of sp³-hybridized carbons (Fsp3) is 0.308. The van der Waals surface area contributed by atoms with Gasteiger partial charge in [-0.15, -0.1) is 0 Å². The first-order valence-corrected chi connectivity index (χ1v) is 6.11. The first-order chi connectivity index (χ1) is 9.35. The number of hydrogen-bond acceptors (Lipinski definition) is 6. The first kappa shape index (κ1) is 13.1. The fourth-order valence-electron chi connectivity index (χ4n) is 1.66. The summed E-state index contributed by atoms with van der Waals surface area (Å²) in [5, 5.41) is 6.33. The summed E-state index contributed by atoms with van der Waals surface area (Å²) >= 11 is 0. The van der Waals surface area contributed by atoms with Gasteiger partial charge in [0, 0.05) is 12.7 Å². The molecule has 2 rings (SSSR count). The number of pyridine rings is 1. The summed E-state index contributed by atoms with van der Waals surface area (Å²) in [6, 6.07) is 5.79. The van der Waals surface area contributed by atoms with Gasteiger partial charge in [-0.1, -0.05) is 6.07 Å². The van der Waals surface area contributed by atoms with Crippen LogP contribution < -0.4 is 15.4 Å². The SMILES string of the molecule is CCNc1ncnc(NCc2ccccn2)c1OC. The van der Waals surface area contributed by atoms with Crippen LogP contribution in [0.2, 0.25) is 0 Å². The zero-order valence-corrected chi connectivity index (χ0v) is 11.1. The predicted molar refractivity (Wildman–Crippen MR) is 74.3 cm³/mol. The molecule has 0 bridgehead atoms. The Balaban J connectivity index is 2.13. The lowest BCUT2D eigenvalue weighted by molar-refractivity contribution is 0.414. The third-order valence-electron chi connectivity index (χ3n) is 2.52. The minimum Gasteiger partial charge on any atom is -0.490 e.